The summed E-state index contributed by atoms with van der Waals surface area (Å²) in [5.41, 5.74) is 6.10. The van der Waals surface area contributed by atoms with E-state index in [1.54, 1.807) is 0 Å². The van der Waals surface area contributed by atoms with Crippen molar-refractivity contribution in [1.82, 2.24) is 5.32 Å². The van der Waals surface area contributed by atoms with Gasteiger partial charge in [-0.25, -0.2) is 9.59 Å². The van der Waals surface area contributed by atoms with Crippen LogP contribution in [0.2, 0.25) is 0 Å². The van der Waals surface area contributed by atoms with Crippen molar-refractivity contribution in [1.29, 1.82) is 0 Å². The number of esters is 2. The normalized spacial score (nSPS) is 14.3. The number of carbonyl (C=O) groups excluding carboxylic acids is 2. The summed E-state index contributed by atoms with van der Waals surface area (Å²) >= 11 is 0. The van der Waals surface area contributed by atoms with Gasteiger partial charge in [-0.15, -0.1) is 0 Å². The molecule has 2 unspecified atom stereocenters. The zero-order valence-corrected chi connectivity index (χ0v) is 22.0. The maximum atomic E-state index is 12.9. The Hall–Kier alpha value is -3.52. The van der Waals surface area contributed by atoms with Gasteiger partial charge in [-0.3, -0.25) is 0 Å². The number of nitrogens with one attached hydrogen (secondary N) is 1. The Morgan fingerprint density at radius 2 is 1.21 bits per heavy atom. The molecule has 0 saturated heterocycles. The second-order valence-corrected chi connectivity index (χ2v) is 9.36. The zero-order valence-electron chi connectivity index (χ0n) is 22.0. The minimum atomic E-state index is -0.780. The molecule has 0 spiro atoms. The van der Waals surface area contributed by atoms with E-state index in [1.165, 1.54) is 25.3 Å². The van der Waals surface area contributed by atoms with E-state index in [9.17, 15) is 9.59 Å². The number of methoxy groups -OCH3 is 2. The predicted molar refractivity (Wildman–Crippen MR) is 143 cm³/mol. The van der Waals surface area contributed by atoms with E-state index in [-0.39, 0.29) is 13.2 Å². The first-order chi connectivity index (χ1) is 18.6. The van der Waals surface area contributed by atoms with Crippen LogP contribution in [0.25, 0.3) is 0 Å². The number of fused-ring (bicyclic) bond motifs is 1. The summed E-state index contributed by atoms with van der Waals surface area (Å²) in [7, 11) is 3.02. The van der Waals surface area contributed by atoms with Crippen LogP contribution < -0.4 is 5.32 Å². The van der Waals surface area contributed by atoms with E-state index in [1.807, 2.05) is 60.7 Å². The van der Waals surface area contributed by atoms with E-state index in [4.69, 9.17) is 18.9 Å². The number of ether oxygens (including phenoxy) is 4. The summed E-state index contributed by atoms with van der Waals surface area (Å²) < 4.78 is 22.2. The van der Waals surface area contributed by atoms with Crippen LogP contribution in [-0.4, -0.2) is 44.9 Å². The second-order valence-electron chi connectivity index (χ2n) is 9.36. The van der Waals surface area contributed by atoms with Crippen molar-refractivity contribution >= 4 is 11.9 Å². The third-order valence-electron chi connectivity index (χ3n) is 6.76. The zero-order chi connectivity index (χ0) is 26.7. The lowest BCUT2D eigenvalue weighted by molar-refractivity contribution is -0.157. The number of carbonyl (C=O) groups is 2. The highest BCUT2D eigenvalue weighted by molar-refractivity contribution is 5.76. The SMILES string of the molecule is COC(Cc1cc2c(cc1CC(OC)C(=O)OCc1ccccc1)CNCC2)C(=O)OCc1ccccc1. The molecule has 0 radical (unpaired) electrons. The molecule has 1 aliphatic heterocycles. The molecule has 38 heavy (non-hydrogen) atoms. The molecule has 2 atom stereocenters. The maximum Gasteiger partial charge on any atom is 0.335 e. The number of hydrogen-bond donors (Lipinski definition) is 1. The molecule has 7 heteroatoms. The van der Waals surface area contributed by atoms with Gasteiger partial charge in [-0.05, 0) is 46.3 Å². The Labute approximate surface area is 224 Å². The van der Waals surface area contributed by atoms with Crippen molar-refractivity contribution in [3.8, 4) is 0 Å². The Balaban J connectivity index is 1.49. The van der Waals surface area contributed by atoms with Crippen LogP contribution in [0.4, 0.5) is 0 Å². The lowest BCUT2D eigenvalue weighted by Gasteiger charge is -2.24. The number of hydrogen-bond acceptors (Lipinski definition) is 7. The van der Waals surface area contributed by atoms with Gasteiger partial charge in [0.05, 0.1) is 0 Å². The maximum absolute atomic E-state index is 12.9. The van der Waals surface area contributed by atoms with E-state index in [2.05, 4.69) is 17.4 Å². The first-order valence-corrected chi connectivity index (χ1v) is 12.9. The standard InChI is InChI=1S/C31H35NO6/c1-35-28(30(33)37-20-22-9-5-3-6-10-22)17-25-15-24-13-14-32-19-27(24)16-26(25)18-29(36-2)31(34)38-21-23-11-7-4-8-12-23/h3-12,15-16,28-29,32H,13-14,17-21H2,1-2H3. The Bertz CT molecular complexity index is 1100. The van der Waals surface area contributed by atoms with Gasteiger partial charge >= 0.3 is 11.9 Å². The largest absolute Gasteiger partial charge is 0.459 e. The average molecular weight is 518 g/mol. The quantitative estimate of drug-likeness (QED) is 0.365. The third kappa shape index (κ3) is 7.51. The van der Waals surface area contributed by atoms with Crippen molar-refractivity contribution in [2.45, 2.75) is 51.2 Å². The third-order valence-corrected chi connectivity index (χ3v) is 6.76. The fraction of sp³-hybridized carbons (Fsp3) is 0.355. The summed E-state index contributed by atoms with van der Waals surface area (Å²) in [6.07, 6.45) is -0.00924. The fourth-order valence-corrected chi connectivity index (χ4v) is 4.58. The molecule has 0 aliphatic carbocycles. The van der Waals surface area contributed by atoms with Gasteiger partial charge in [-0.2, -0.15) is 0 Å². The molecule has 7 nitrogen and oxygen atoms in total. The molecule has 4 rings (SSSR count). The molecule has 0 aromatic heterocycles. The van der Waals surface area contributed by atoms with Gasteiger partial charge in [-0.1, -0.05) is 72.8 Å². The highest BCUT2D eigenvalue weighted by atomic mass is 16.6. The Morgan fingerprint density at radius 1 is 0.737 bits per heavy atom. The van der Waals surface area contributed by atoms with Crippen molar-refractivity contribution in [2.24, 2.45) is 0 Å². The van der Waals surface area contributed by atoms with Crippen molar-refractivity contribution < 1.29 is 28.5 Å². The van der Waals surface area contributed by atoms with Crippen LogP contribution in [0.3, 0.4) is 0 Å². The molecule has 0 bridgehead atoms. The highest BCUT2D eigenvalue weighted by Gasteiger charge is 2.26. The van der Waals surface area contributed by atoms with E-state index >= 15 is 0 Å². The molecule has 1 heterocycles. The Morgan fingerprint density at radius 3 is 1.68 bits per heavy atom. The number of rotatable bonds is 12. The van der Waals surface area contributed by atoms with Crippen LogP contribution in [-0.2, 0) is 67.6 Å². The predicted octanol–water partition coefficient (Wildman–Crippen LogP) is 3.93. The second kappa shape index (κ2) is 13.9. The molecule has 3 aromatic carbocycles. The molecule has 1 N–H and O–H groups in total. The molecule has 200 valence electrons. The molecule has 0 amide bonds. The summed E-state index contributed by atoms with van der Waals surface area (Å²) in [5.74, 6) is -0.851. The van der Waals surface area contributed by atoms with Gasteiger partial charge in [0, 0.05) is 33.6 Å². The summed E-state index contributed by atoms with van der Waals surface area (Å²) in [6.45, 7) is 2.01. The lowest BCUT2D eigenvalue weighted by atomic mass is 9.89. The first-order valence-electron chi connectivity index (χ1n) is 12.9. The molecular formula is C31H35NO6. The molecule has 3 aromatic rings. The molecule has 0 fully saturated rings. The summed E-state index contributed by atoms with van der Waals surface area (Å²) in [6, 6.07) is 23.3. The summed E-state index contributed by atoms with van der Waals surface area (Å²) in [5, 5.41) is 3.40. The van der Waals surface area contributed by atoms with Gasteiger partial charge in [0.15, 0.2) is 12.2 Å². The van der Waals surface area contributed by atoms with Crippen molar-refractivity contribution in [2.75, 3.05) is 20.8 Å². The van der Waals surface area contributed by atoms with Gasteiger partial charge in [0.25, 0.3) is 0 Å². The van der Waals surface area contributed by atoms with Crippen LogP contribution >= 0.6 is 0 Å². The topological polar surface area (TPSA) is 83.1 Å². The van der Waals surface area contributed by atoms with Crippen LogP contribution in [0.15, 0.2) is 72.8 Å². The Kier molecular flexibility index (Phi) is 10.0. The fourth-order valence-electron chi connectivity index (χ4n) is 4.58. The monoisotopic (exact) mass is 517 g/mol. The van der Waals surface area contributed by atoms with Crippen LogP contribution in [0.5, 0.6) is 0 Å². The van der Waals surface area contributed by atoms with E-state index in [0.717, 1.165) is 41.8 Å². The van der Waals surface area contributed by atoms with E-state index in [0.29, 0.717) is 12.8 Å². The minimum absolute atomic E-state index is 0.180. The molecular weight excluding hydrogens is 482 g/mol. The molecule has 1 aliphatic rings. The minimum Gasteiger partial charge on any atom is -0.459 e. The van der Waals surface area contributed by atoms with Gasteiger partial charge < -0.3 is 24.3 Å². The van der Waals surface area contributed by atoms with Gasteiger partial charge in [0.1, 0.15) is 13.2 Å². The average Bonchev–Trinajstić information content (AvgIpc) is 2.97. The van der Waals surface area contributed by atoms with Gasteiger partial charge in [0.2, 0.25) is 0 Å². The van der Waals surface area contributed by atoms with Crippen molar-refractivity contribution in [3.63, 3.8) is 0 Å². The smallest absolute Gasteiger partial charge is 0.335 e. The molecule has 0 saturated carbocycles. The van der Waals surface area contributed by atoms with Crippen LogP contribution in [0, 0.1) is 0 Å². The highest BCUT2D eigenvalue weighted by Crippen LogP contribution is 2.24. The first kappa shape index (κ1) is 27.5. The van der Waals surface area contributed by atoms with Crippen LogP contribution in [0.1, 0.15) is 33.4 Å². The summed E-state index contributed by atoms with van der Waals surface area (Å²) in [4.78, 5) is 25.8. The van der Waals surface area contributed by atoms with E-state index < -0.39 is 24.1 Å². The number of benzene rings is 3. The van der Waals surface area contributed by atoms with Crippen molar-refractivity contribution in [3.05, 3.63) is 106 Å². The lowest BCUT2D eigenvalue weighted by Crippen LogP contribution is -2.31.